The fourth-order valence-electron chi connectivity index (χ4n) is 2.18. The Balaban J connectivity index is 2.31. The largest absolute Gasteiger partial charge is 0.330 e. The second-order valence-electron chi connectivity index (χ2n) is 4.64. The van der Waals surface area contributed by atoms with Gasteiger partial charge in [-0.1, -0.05) is 18.2 Å². The number of hydrogen-bond donors (Lipinski definition) is 2. The predicted molar refractivity (Wildman–Crippen MR) is 76.6 cm³/mol. The molecule has 0 amide bonds. The molecule has 2 rings (SSSR count). The minimum absolute atomic E-state index is 0.738. The van der Waals surface area contributed by atoms with Crippen molar-refractivity contribution in [2.45, 2.75) is 26.8 Å². The molecule has 3 nitrogen and oxygen atoms in total. The highest BCUT2D eigenvalue weighted by Crippen LogP contribution is 2.22. The summed E-state index contributed by atoms with van der Waals surface area (Å²) >= 11 is 0. The topological polar surface area (TPSA) is 50.9 Å². The molecule has 0 atom stereocenters. The molecule has 3 N–H and O–H groups in total. The van der Waals surface area contributed by atoms with Crippen molar-refractivity contribution < 1.29 is 0 Å². The highest BCUT2D eigenvalue weighted by atomic mass is 14.9. The van der Waals surface area contributed by atoms with Crippen LogP contribution in [0.1, 0.15) is 23.2 Å². The molecule has 0 saturated carbocycles. The van der Waals surface area contributed by atoms with Crippen LogP contribution in [0.5, 0.6) is 0 Å². The van der Waals surface area contributed by atoms with Gasteiger partial charge >= 0.3 is 0 Å². The maximum absolute atomic E-state index is 5.50. The molecule has 3 heteroatoms. The molecule has 96 valence electrons. The van der Waals surface area contributed by atoms with Gasteiger partial charge in [0.15, 0.2) is 0 Å². The fraction of sp³-hybridized carbons (Fsp3) is 0.400. The zero-order chi connectivity index (χ0) is 13.0. The third-order valence-corrected chi connectivity index (χ3v) is 3.37. The van der Waals surface area contributed by atoms with Gasteiger partial charge in [-0.2, -0.15) is 0 Å². The molecule has 18 heavy (non-hydrogen) atoms. The molecule has 0 aliphatic carbocycles. The van der Waals surface area contributed by atoms with Crippen molar-refractivity contribution in [3.63, 3.8) is 0 Å². The van der Waals surface area contributed by atoms with Crippen LogP contribution in [0.2, 0.25) is 0 Å². The van der Waals surface area contributed by atoms with Crippen molar-refractivity contribution in [2.75, 3.05) is 13.1 Å². The molecule has 1 aromatic carbocycles. The molecule has 0 aliphatic rings. The summed E-state index contributed by atoms with van der Waals surface area (Å²) in [5, 5.41) is 4.71. The van der Waals surface area contributed by atoms with Gasteiger partial charge in [0.05, 0.1) is 5.52 Å². The molecule has 0 radical (unpaired) electrons. The van der Waals surface area contributed by atoms with Crippen molar-refractivity contribution in [3.8, 4) is 0 Å². The molecule has 2 aromatic rings. The Morgan fingerprint density at radius 1 is 1.22 bits per heavy atom. The van der Waals surface area contributed by atoms with E-state index in [9.17, 15) is 0 Å². The van der Waals surface area contributed by atoms with E-state index in [1.54, 1.807) is 0 Å². The first-order valence-corrected chi connectivity index (χ1v) is 6.49. The molecule has 0 bridgehead atoms. The Morgan fingerprint density at radius 3 is 2.78 bits per heavy atom. The Bertz CT molecular complexity index is 534. The number of hydrogen-bond acceptors (Lipinski definition) is 3. The fourth-order valence-corrected chi connectivity index (χ4v) is 2.18. The van der Waals surface area contributed by atoms with Crippen LogP contribution in [-0.2, 0) is 6.54 Å². The Labute approximate surface area is 108 Å². The lowest BCUT2D eigenvalue weighted by molar-refractivity contribution is 0.655. The molecule has 0 fully saturated rings. The van der Waals surface area contributed by atoms with Crippen LogP contribution in [0.15, 0.2) is 24.3 Å². The van der Waals surface area contributed by atoms with Crippen LogP contribution in [0.3, 0.4) is 0 Å². The van der Waals surface area contributed by atoms with Crippen LogP contribution in [0.4, 0.5) is 0 Å². The van der Waals surface area contributed by atoms with Gasteiger partial charge in [0.25, 0.3) is 0 Å². The molecule has 0 spiro atoms. The number of aromatic nitrogens is 1. The maximum Gasteiger partial charge on any atom is 0.0708 e. The average molecular weight is 243 g/mol. The SMILES string of the molecule is Cc1nc2ccccc2c(CNCCCN)c1C. The van der Waals surface area contributed by atoms with E-state index in [1.807, 2.05) is 6.07 Å². The molecular weight excluding hydrogens is 222 g/mol. The third kappa shape index (κ3) is 2.68. The minimum Gasteiger partial charge on any atom is -0.330 e. The van der Waals surface area contributed by atoms with E-state index in [1.165, 1.54) is 16.5 Å². The first kappa shape index (κ1) is 13.0. The van der Waals surface area contributed by atoms with Crippen LogP contribution >= 0.6 is 0 Å². The summed E-state index contributed by atoms with van der Waals surface area (Å²) < 4.78 is 0. The molecule has 1 heterocycles. The minimum atomic E-state index is 0.738. The van der Waals surface area contributed by atoms with Gasteiger partial charge < -0.3 is 11.1 Å². The zero-order valence-corrected chi connectivity index (χ0v) is 11.2. The third-order valence-electron chi connectivity index (χ3n) is 3.37. The first-order chi connectivity index (χ1) is 8.74. The number of pyridine rings is 1. The van der Waals surface area contributed by atoms with Crippen molar-refractivity contribution in [3.05, 3.63) is 41.1 Å². The van der Waals surface area contributed by atoms with Crippen LogP contribution < -0.4 is 11.1 Å². The number of fused-ring (bicyclic) bond motifs is 1. The number of nitrogens with zero attached hydrogens (tertiary/aromatic N) is 1. The number of benzene rings is 1. The second kappa shape index (κ2) is 5.94. The van der Waals surface area contributed by atoms with Gasteiger partial charge in [-0.05, 0) is 50.6 Å². The quantitative estimate of drug-likeness (QED) is 0.792. The van der Waals surface area contributed by atoms with E-state index < -0.39 is 0 Å². The summed E-state index contributed by atoms with van der Waals surface area (Å²) in [5.41, 5.74) is 10.3. The Hall–Kier alpha value is -1.45. The standard InChI is InChI=1S/C15H21N3/c1-11-12(2)18-15-7-4-3-6-13(15)14(11)10-17-9-5-8-16/h3-4,6-7,17H,5,8-10,16H2,1-2H3. The van der Waals surface area contributed by atoms with E-state index in [0.29, 0.717) is 0 Å². The van der Waals surface area contributed by atoms with Gasteiger partial charge in [0.2, 0.25) is 0 Å². The van der Waals surface area contributed by atoms with E-state index in [-0.39, 0.29) is 0 Å². The van der Waals surface area contributed by atoms with Gasteiger partial charge in [-0.3, -0.25) is 4.98 Å². The molecular formula is C15H21N3. The molecule has 0 aliphatic heterocycles. The van der Waals surface area contributed by atoms with Gasteiger partial charge in [-0.15, -0.1) is 0 Å². The number of aryl methyl sites for hydroxylation is 1. The van der Waals surface area contributed by atoms with Crippen LogP contribution in [-0.4, -0.2) is 18.1 Å². The average Bonchev–Trinajstić information content (AvgIpc) is 2.38. The predicted octanol–water partition coefficient (Wildman–Crippen LogP) is 2.29. The highest BCUT2D eigenvalue weighted by Gasteiger charge is 2.08. The maximum atomic E-state index is 5.50. The summed E-state index contributed by atoms with van der Waals surface area (Å²) in [6.45, 7) is 6.81. The first-order valence-electron chi connectivity index (χ1n) is 6.49. The molecule has 0 unspecified atom stereocenters. The smallest absolute Gasteiger partial charge is 0.0708 e. The Morgan fingerprint density at radius 2 is 2.00 bits per heavy atom. The lowest BCUT2D eigenvalue weighted by Crippen LogP contribution is -2.18. The van der Waals surface area contributed by atoms with Crippen molar-refractivity contribution in [1.29, 1.82) is 0 Å². The summed E-state index contributed by atoms with van der Waals surface area (Å²) in [5.74, 6) is 0. The van der Waals surface area contributed by atoms with Crippen molar-refractivity contribution in [2.24, 2.45) is 5.73 Å². The number of nitrogens with two attached hydrogens (primary N) is 1. The second-order valence-corrected chi connectivity index (χ2v) is 4.64. The number of para-hydroxylation sites is 1. The van der Waals surface area contributed by atoms with E-state index in [4.69, 9.17) is 5.73 Å². The van der Waals surface area contributed by atoms with E-state index in [2.05, 4.69) is 42.3 Å². The lowest BCUT2D eigenvalue weighted by Gasteiger charge is -2.13. The molecule has 0 saturated heterocycles. The lowest BCUT2D eigenvalue weighted by atomic mass is 10.0. The summed E-state index contributed by atoms with van der Waals surface area (Å²) in [6.07, 6.45) is 1.01. The zero-order valence-electron chi connectivity index (χ0n) is 11.2. The monoisotopic (exact) mass is 243 g/mol. The molecule has 1 aromatic heterocycles. The Kier molecular flexibility index (Phi) is 4.28. The van der Waals surface area contributed by atoms with E-state index in [0.717, 1.165) is 37.3 Å². The summed E-state index contributed by atoms with van der Waals surface area (Å²) in [6, 6.07) is 8.33. The van der Waals surface area contributed by atoms with Crippen molar-refractivity contribution in [1.82, 2.24) is 10.3 Å². The van der Waals surface area contributed by atoms with Gasteiger partial charge in [0.1, 0.15) is 0 Å². The number of rotatable bonds is 5. The van der Waals surface area contributed by atoms with Crippen LogP contribution in [0, 0.1) is 13.8 Å². The van der Waals surface area contributed by atoms with Gasteiger partial charge in [-0.25, -0.2) is 0 Å². The normalized spacial score (nSPS) is 11.1. The van der Waals surface area contributed by atoms with Gasteiger partial charge in [0, 0.05) is 17.6 Å². The van der Waals surface area contributed by atoms with E-state index >= 15 is 0 Å². The van der Waals surface area contributed by atoms with Crippen molar-refractivity contribution >= 4 is 10.9 Å². The summed E-state index contributed by atoms with van der Waals surface area (Å²) in [7, 11) is 0. The van der Waals surface area contributed by atoms with Crippen LogP contribution in [0.25, 0.3) is 10.9 Å². The summed E-state index contributed by atoms with van der Waals surface area (Å²) in [4.78, 5) is 4.63. The number of nitrogens with one attached hydrogen (secondary N) is 1. The highest BCUT2D eigenvalue weighted by molar-refractivity contribution is 5.83.